The highest BCUT2D eigenvalue weighted by atomic mass is 79.9. The molecule has 0 radical (unpaired) electrons. The summed E-state index contributed by atoms with van der Waals surface area (Å²) in [7, 11) is -3.50. The van der Waals surface area contributed by atoms with Gasteiger partial charge in [-0.2, -0.15) is 0 Å². The summed E-state index contributed by atoms with van der Waals surface area (Å²) in [5.74, 6) is 0. The maximum Gasteiger partial charge on any atom is 0.241 e. The standard InChI is InChI=1S/C16H20BrNO2S/c1-16(2,10-11-17)12-18-21(19,20)15-9-5-7-13-6-3-4-8-14(13)15/h3-9,18H,10-12H2,1-2H3. The summed E-state index contributed by atoms with van der Waals surface area (Å²) < 4.78 is 27.9. The minimum atomic E-state index is -3.50. The third-order valence-corrected chi connectivity index (χ3v) is 5.41. The molecule has 0 aromatic heterocycles. The second-order valence-electron chi connectivity index (χ2n) is 5.91. The Morgan fingerprint density at radius 1 is 1.10 bits per heavy atom. The van der Waals surface area contributed by atoms with Crippen LogP contribution in [0.4, 0.5) is 0 Å². The fourth-order valence-electron chi connectivity index (χ4n) is 2.14. The number of benzene rings is 2. The summed E-state index contributed by atoms with van der Waals surface area (Å²) in [6.45, 7) is 4.53. The zero-order valence-electron chi connectivity index (χ0n) is 12.3. The van der Waals surface area contributed by atoms with Gasteiger partial charge in [-0.1, -0.05) is 66.2 Å². The number of hydrogen-bond donors (Lipinski definition) is 1. The van der Waals surface area contributed by atoms with Crippen LogP contribution in [0.25, 0.3) is 10.8 Å². The number of hydrogen-bond acceptors (Lipinski definition) is 2. The van der Waals surface area contributed by atoms with E-state index in [-0.39, 0.29) is 5.41 Å². The Hall–Kier alpha value is -0.910. The minimum absolute atomic E-state index is 0.0822. The molecule has 0 saturated heterocycles. The van der Waals surface area contributed by atoms with Crippen LogP contribution in [0.5, 0.6) is 0 Å². The van der Waals surface area contributed by atoms with Gasteiger partial charge in [-0.15, -0.1) is 0 Å². The Morgan fingerprint density at radius 2 is 1.76 bits per heavy atom. The number of alkyl halides is 1. The SMILES string of the molecule is CC(C)(CCBr)CNS(=O)(=O)c1cccc2ccccc12. The average molecular weight is 370 g/mol. The van der Waals surface area contributed by atoms with Gasteiger partial charge >= 0.3 is 0 Å². The summed E-state index contributed by atoms with van der Waals surface area (Å²) in [4.78, 5) is 0.343. The first-order valence-corrected chi connectivity index (χ1v) is 9.50. The Balaban J connectivity index is 2.30. The van der Waals surface area contributed by atoms with Crippen molar-refractivity contribution in [2.45, 2.75) is 25.2 Å². The van der Waals surface area contributed by atoms with E-state index in [0.717, 1.165) is 22.5 Å². The minimum Gasteiger partial charge on any atom is -0.211 e. The van der Waals surface area contributed by atoms with Crippen LogP contribution in [-0.2, 0) is 10.0 Å². The van der Waals surface area contributed by atoms with Crippen LogP contribution in [0.1, 0.15) is 20.3 Å². The largest absolute Gasteiger partial charge is 0.241 e. The smallest absolute Gasteiger partial charge is 0.211 e. The van der Waals surface area contributed by atoms with Crippen molar-refractivity contribution < 1.29 is 8.42 Å². The third kappa shape index (κ3) is 4.05. The van der Waals surface area contributed by atoms with Gasteiger partial charge < -0.3 is 0 Å². The fraction of sp³-hybridized carbons (Fsp3) is 0.375. The van der Waals surface area contributed by atoms with Crippen molar-refractivity contribution in [3.05, 3.63) is 42.5 Å². The molecule has 3 nitrogen and oxygen atoms in total. The van der Waals surface area contributed by atoms with Crippen molar-refractivity contribution in [1.82, 2.24) is 4.72 Å². The molecule has 0 aliphatic rings. The molecular weight excluding hydrogens is 350 g/mol. The van der Waals surface area contributed by atoms with Crippen LogP contribution in [0.3, 0.4) is 0 Å². The van der Waals surface area contributed by atoms with Crippen LogP contribution in [0.2, 0.25) is 0 Å². The predicted molar refractivity (Wildman–Crippen MR) is 91.3 cm³/mol. The normalized spacial score (nSPS) is 12.7. The molecule has 21 heavy (non-hydrogen) atoms. The molecule has 0 aliphatic heterocycles. The van der Waals surface area contributed by atoms with Crippen molar-refractivity contribution in [1.29, 1.82) is 0 Å². The van der Waals surface area contributed by atoms with Crippen LogP contribution >= 0.6 is 15.9 Å². The number of sulfonamides is 1. The molecule has 0 bridgehead atoms. The van der Waals surface area contributed by atoms with E-state index in [0.29, 0.717) is 11.4 Å². The van der Waals surface area contributed by atoms with Crippen molar-refractivity contribution in [3.63, 3.8) is 0 Å². The van der Waals surface area contributed by atoms with E-state index in [1.807, 2.05) is 30.3 Å². The van der Waals surface area contributed by atoms with Gasteiger partial charge in [0.05, 0.1) is 4.90 Å². The molecule has 0 saturated carbocycles. The first kappa shape index (κ1) is 16.5. The van der Waals surface area contributed by atoms with E-state index < -0.39 is 10.0 Å². The number of nitrogens with one attached hydrogen (secondary N) is 1. The highest BCUT2D eigenvalue weighted by Crippen LogP contribution is 2.24. The molecule has 2 aromatic rings. The number of rotatable bonds is 6. The molecule has 0 heterocycles. The Kier molecular flexibility index (Phi) is 5.07. The van der Waals surface area contributed by atoms with Gasteiger partial charge in [0.15, 0.2) is 0 Å². The van der Waals surface area contributed by atoms with Crippen LogP contribution < -0.4 is 4.72 Å². The van der Waals surface area contributed by atoms with Gasteiger partial charge in [0.1, 0.15) is 0 Å². The van der Waals surface area contributed by atoms with Gasteiger partial charge in [-0.25, -0.2) is 13.1 Å². The first-order chi connectivity index (χ1) is 9.86. The van der Waals surface area contributed by atoms with E-state index in [4.69, 9.17) is 0 Å². The molecule has 114 valence electrons. The maximum absolute atomic E-state index is 12.6. The number of fused-ring (bicyclic) bond motifs is 1. The zero-order valence-corrected chi connectivity index (χ0v) is 14.7. The fourth-order valence-corrected chi connectivity index (χ4v) is 4.69. The summed E-state index contributed by atoms with van der Waals surface area (Å²) >= 11 is 3.41. The molecule has 2 rings (SSSR count). The lowest BCUT2D eigenvalue weighted by molar-refractivity contribution is 0.354. The molecule has 0 unspecified atom stereocenters. The summed E-state index contributed by atoms with van der Waals surface area (Å²) in [5, 5.41) is 2.54. The van der Waals surface area contributed by atoms with Crippen molar-refractivity contribution in [2.24, 2.45) is 5.41 Å². The van der Waals surface area contributed by atoms with Crippen molar-refractivity contribution in [2.75, 3.05) is 11.9 Å². The summed E-state index contributed by atoms with van der Waals surface area (Å²) in [5.41, 5.74) is -0.0822. The predicted octanol–water partition coefficient (Wildman–Crippen LogP) is 3.93. The average Bonchev–Trinajstić information content (AvgIpc) is 2.45. The van der Waals surface area contributed by atoms with Gasteiger partial charge in [0.2, 0.25) is 10.0 Å². The first-order valence-electron chi connectivity index (χ1n) is 6.89. The molecule has 0 amide bonds. The highest BCUT2D eigenvalue weighted by Gasteiger charge is 2.22. The van der Waals surface area contributed by atoms with E-state index in [9.17, 15) is 8.42 Å². The molecule has 0 atom stereocenters. The van der Waals surface area contributed by atoms with E-state index in [1.54, 1.807) is 12.1 Å². The van der Waals surface area contributed by atoms with Crippen LogP contribution in [0.15, 0.2) is 47.4 Å². The molecule has 2 aromatic carbocycles. The third-order valence-electron chi connectivity index (χ3n) is 3.55. The van der Waals surface area contributed by atoms with Crippen LogP contribution in [-0.4, -0.2) is 20.3 Å². The van der Waals surface area contributed by atoms with Crippen LogP contribution in [0, 0.1) is 5.41 Å². The van der Waals surface area contributed by atoms with E-state index >= 15 is 0 Å². The summed E-state index contributed by atoms with van der Waals surface area (Å²) in [6.07, 6.45) is 0.908. The second-order valence-corrected chi connectivity index (χ2v) is 8.43. The van der Waals surface area contributed by atoms with E-state index in [1.165, 1.54) is 0 Å². The second kappa shape index (κ2) is 6.46. The molecular formula is C16H20BrNO2S. The van der Waals surface area contributed by atoms with Gasteiger partial charge in [0, 0.05) is 17.3 Å². The molecule has 0 aliphatic carbocycles. The topological polar surface area (TPSA) is 46.2 Å². The maximum atomic E-state index is 12.6. The Labute approximate surface area is 134 Å². The van der Waals surface area contributed by atoms with Gasteiger partial charge in [-0.3, -0.25) is 0 Å². The lowest BCUT2D eigenvalue weighted by Crippen LogP contribution is -2.34. The van der Waals surface area contributed by atoms with Gasteiger partial charge in [-0.05, 0) is 23.3 Å². The lowest BCUT2D eigenvalue weighted by Gasteiger charge is -2.24. The van der Waals surface area contributed by atoms with Crippen molar-refractivity contribution >= 4 is 36.7 Å². The Bertz CT molecular complexity index is 721. The molecule has 0 spiro atoms. The lowest BCUT2D eigenvalue weighted by atomic mass is 9.91. The van der Waals surface area contributed by atoms with Crippen molar-refractivity contribution in [3.8, 4) is 0 Å². The summed E-state index contributed by atoms with van der Waals surface area (Å²) in [6, 6.07) is 12.9. The number of halogens is 1. The monoisotopic (exact) mass is 369 g/mol. The quantitative estimate of drug-likeness (QED) is 0.784. The molecule has 1 N–H and O–H groups in total. The highest BCUT2D eigenvalue weighted by molar-refractivity contribution is 9.09. The molecule has 0 fully saturated rings. The zero-order chi connectivity index (χ0) is 15.5. The van der Waals surface area contributed by atoms with Gasteiger partial charge in [0.25, 0.3) is 0 Å². The Morgan fingerprint density at radius 3 is 2.48 bits per heavy atom. The van der Waals surface area contributed by atoms with E-state index in [2.05, 4.69) is 34.5 Å². The molecule has 5 heteroatoms.